The van der Waals surface area contributed by atoms with Crippen LogP contribution in [-0.4, -0.2) is 11.7 Å². The molecule has 0 unspecified atom stereocenters. The van der Waals surface area contributed by atoms with Crippen molar-refractivity contribution in [2.75, 3.05) is 6.61 Å². The molecule has 0 heterocycles. The molecule has 1 radical (unpaired) electrons. The van der Waals surface area contributed by atoms with Crippen molar-refractivity contribution in [2.24, 2.45) is 0 Å². The third-order valence-corrected chi connectivity index (χ3v) is 2.43. The molecule has 0 bridgehead atoms. The van der Waals surface area contributed by atoms with E-state index in [0.29, 0.717) is 6.42 Å². The van der Waals surface area contributed by atoms with Crippen LogP contribution in [0.4, 0.5) is 0 Å². The van der Waals surface area contributed by atoms with Crippen molar-refractivity contribution in [3.8, 4) is 11.1 Å². The topological polar surface area (TPSA) is 20.2 Å². The second-order valence-corrected chi connectivity index (χ2v) is 3.42. The molecule has 1 N–H and O–H groups in total. The van der Waals surface area contributed by atoms with Gasteiger partial charge in [0.25, 0.3) is 0 Å². The van der Waals surface area contributed by atoms with Crippen molar-refractivity contribution in [2.45, 2.75) is 6.42 Å². The molecular formula is C14H13O. The molecule has 0 amide bonds. The standard InChI is InChI=1S/C14H13O/c15-11-10-13-8-4-5-9-14(13)12-6-2-1-3-7-12/h2-9,15H,10-11H2. The molecule has 2 rings (SSSR count). The van der Waals surface area contributed by atoms with E-state index < -0.39 is 0 Å². The lowest BCUT2D eigenvalue weighted by Gasteiger charge is -2.07. The van der Waals surface area contributed by atoms with E-state index >= 15 is 0 Å². The van der Waals surface area contributed by atoms with Gasteiger partial charge in [-0.1, -0.05) is 48.5 Å². The van der Waals surface area contributed by atoms with E-state index in [0.717, 1.165) is 0 Å². The van der Waals surface area contributed by atoms with Crippen LogP contribution in [0.15, 0.2) is 48.5 Å². The van der Waals surface area contributed by atoms with Crippen molar-refractivity contribution in [3.05, 3.63) is 60.2 Å². The van der Waals surface area contributed by atoms with Crippen LogP contribution in [0.25, 0.3) is 11.1 Å². The summed E-state index contributed by atoms with van der Waals surface area (Å²) in [4.78, 5) is 0. The lowest BCUT2D eigenvalue weighted by atomic mass is 9.98. The number of aliphatic hydroxyl groups is 1. The summed E-state index contributed by atoms with van der Waals surface area (Å²) in [6, 6.07) is 19.1. The van der Waals surface area contributed by atoms with Crippen molar-refractivity contribution < 1.29 is 5.11 Å². The van der Waals surface area contributed by atoms with Gasteiger partial charge in [0.2, 0.25) is 0 Å². The fourth-order valence-corrected chi connectivity index (χ4v) is 1.71. The van der Waals surface area contributed by atoms with Gasteiger partial charge in [-0.15, -0.1) is 0 Å². The van der Waals surface area contributed by atoms with E-state index in [4.69, 9.17) is 5.11 Å². The number of hydrogen-bond donors (Lipinski definition) is 1. The predicted octanol–water partition coefficient (Wildman–Crippen LogP) is 2.69. The first-order valence-electron chi connectivity index (χ1n) is 5.07. The number of hydrogen-bond acceptors (Lipinski definition) is 1. The van der Waals surface area contributed by atoms with Crippen molar-refractivity contribution in [3.63, 3.8) is 0 Å². The minimum Gasteiger partial charge on any atom is -0.396 e. The first kappa shape index (κ1) is 9.94. The van der Waals surface area contributed by atoms with Gasteiger partial charge in [-0.25, -0.2) is 0 Å². The minimum absolute atomic E-state index is 0.190. The van der Waals surface area contributed by atoms with Gasteiger partial charge in [0.15, 0.2) is 0 Å². The van der Waals surface area contributed by atoms with Gasteiger partial charge in [0.05, 0.1) is 0 Å². The fraction of sp³-hybridized carbons (Fsp3) is 0.143. The van der Waals surface area contributed by atoms with E-state index in [2.05, 4.69) is 18.2 Å². The van der Waals surface area contributed by atoms with E-state index in [1.165, 1.54) is 16.7 Å². The van der Waals surface area contributed by atoms with Crippen LogP contribution in [-0.2, 0) is 6.42 Å². The Morgan fingerprint density at radius 3 is 2.47 bits per heavy atom. The number of rotatable bonds is 3. The maximum absolute atomic E-state index is 8.98. The number of benzene rings is 2. The molecule has 0 saturated carbocycles. The molecule has 2 aromatic carbocycles. The Morgan fingerprint density at radius 2 is 1.73 bits per heavy atom. The van der Waals surface area contributed by atoms with Crippen LogP contribution < -0.4 is 0 Å². The van der Waals surface area contributed by atoms with Crippen LogP contribution in [0, 0.1) is 6.07 Å². The maximum atomic E-state index is 8.98. The van der Waals surface area contributed by atoms with Gasteiger partial charge in [-0.2, -0.15) is 0 Å². The summed E-state index contributed by atoms with van der Waals surface area (Å²) in [6.45, 7) is 0.190. The van der Waals surface area contributed by atoms with E-state index in [-0.39, 0.29) is 6.61 Å². The lowest BCUT2D eigenvalue weighted by molar-refractivity contribution is 0.300. The van der Waals surface area contributed by atoms with E-state index in [1.807, 2.05) is 36.4 Å². The SMILES string of the molecule is OCCc1ccccc1-c1cc[c]cc1. The summed E-state index contributed by atoms with van der Waals surface area (Å²) >= 11 is 0. The van der Waals surface area contributed by atoms with Gasteiger partial charge in [0.1, 0.15) is 0 Å². The second-order valence-electron chi connectivity index (χ2n) is 3.42. The Hall–Kier alpha value is -1.60. The summed E-state index contributed by atoms with van der Waals surface area (Å²) in [7, 11) is 0. The zero-order valence-corrected chi connectivity index (χ0v) is 8.48. The van der Waals surface area contributed by atoms with E-state index in [1.54, 1.807) is 0 Å². The third-order valence-electron chi connectivity index (χ3n) is 2.43. The summed E-state index contributed by atoms with van der Waals surface area (Å²) in [5.74, 6) is 0. The zero-order chi connectivity index (χ0) is 10.5. The smallest absolute Gasteiger partial charge is 0.0471 e. The second kappa shape index (κ2) is 4.76. The highest BCUT2D eigenvalue weighted by atomic mass is 16.2. The largest absolute Gasteiger partial charge is 0.396 e. The summed E-state index contributed by atoms with van der Waals surface area (Å²) in [5.41, 5.74) is 3.56. The molecule has 2 aromatic rings. The molecule has 0 aromatic heterocycles. The number of aliphatic hydroxyl groups excluding tert-OH is 1. The van der Waals surface area contributed by atoms with E-state index in [9.17, 15) is 0 Å². The molecule has 0 saturated heterocycles. The molecule has 0 aliphatic heterocycles. The van der Waals surface area contributed by atoms with Crippen molar-refractivity contribution in [1.82, 2.24) is 0 Å². The average molecular weight is 197 g/mol. The fourth-order valence-electron chi connectivity index (χ4n) is 1.71. The van der Waals surface area contributed by atoms with Crippen LogP contribution in [0.1, 0.15) is 5.56 Å². The zero-order valence-electron chi connectivity index (χ0n) is 8.48. The Balaban J connectivity index is 2.43. The highest BCUT2D eigenvalue weighted by Crippen LogP contribution is 2.23. The first-order valence-corrected chi connectivity index (χ1v) is 5.07. The molecule has 1 nitrogen and oxygen atoms in total. The third kappa shape index (κ3) is 2.25. The first-order chi connectivity index (χ1) is 7.42. The quantitative estimate of drug-likeness (QED) is 0.802. The summed E-state index contributed by atoms with van der Waals surface area (Å²) in [5, 5.41) is 8.98. The van der Waals surface area contributed by atoms with Gasteiger partial charge < -0.3 is 5.11 Å². The molecule has 15 heavy (non-hydrogen) atoms. The lowest BCUT2D eigenvalue weighted by Crippen LogP contribution is -1.93. The predicted molar refractivity (Wildman–Crippen MR) is 61.5 cm³/mol. The van der Waals surface area contributed by atoms with Crippen molar-refractivity contribution in [1.29, 1.82) is 0 Å². The van der Waals surface area contributed by atoms with Gasteiger partial charge in [-0.05, 0) is 29.2 Å². The molecule has 1 heteroatoms. The van der Waals surface area contributed by atoms with Crippen LogP contribution >= 0.6 is 0 Å². The molecule has 0 fully saturated rings. The Labute approximate surface area is 90.0 Å². The normalized spacial score (nSPS) is 10.2. The van der Waals surface area contributed by atoms with Gasteiger partial charge in [-0.3, -0.25) is 0 Å². The van der Waals surface area contributed by atoms with Crippen LogP contribution in [0.3, 0.4) is 0 Å². The average Bonchev–Trinajstić information content (AvgIpc) is 2.31. The minimum atomic E-state index is 0.190. The highest BCUT2D eigenvalue weighted by molar-refractivity contribution is 5.67. The Bertz CT molecular complexity index is 420. The van der Waals surface area contributed by atoms with Crippen LogP contribution in [0.2, 0.25) is 0 Å². The molecule has 75 valence electrons. The molecule has 0 spiro atoms. The maximum Gasteiger partial charge on any atom is 0.0471 e. The summed E-state index contributed by atoms with van der Waals surface area (Å²) in [6.07, 6.45) is 0.703. The highest BCUT2D eigenvalue weighted by Gasteiger charge is 2.02. The van der Waals surface area contributed by atoms with Crippen molar-refractivity contribution >= 4 is 0 Å². The van der Waals surface area contributed by atoms with Gasteiger partial charge >= 0.3 is 0 Å². The monoisotopic (exact) mass is 197 g/mol. The Kier molecular flexibility index (Phi) is 3.15. The molecule has 0 atom stereocenters. The molecular weight excluding hydrogens is 184 g/mol. The molecule has 0 aliphatic rings. The van der Waals surface area contributed by atoms with Crippen LogP contribution in [0.5, 0.6) is 0 Å². The van der Waals surface area contributed by atoms with Gasteiger partial charge in [0, 0.05) is 6.61 Å². The summed E-state index contributed by atoms with van der Waals surface area (Å²) < 4.78 is 0. The Morgan fingerprint density at radius 1 is 1.00 bits per heavy atom. The molecule has 0 aliphatic carbocycles.